The second-order valence-corrected chi connectivity index (χ2v) is 6.95. The highest BCUT2D eigenvalue weighted by atomic mass is 32.1. The van der Waals surface area contributed by atoms with Crippen LogP contribution in [0.3, 0.4) is 0 Å². The van der Waals surface area contributed by atoms with Crippen molar-refractivity contribution in [1.82, 2.24) is 20.0 Å². The predicted molar refractivity (Wildman–Crippen MR) is 92.5 cm³/mol. The number of nitrogens with one attached hydrogen (secondary N) is 2. The number of imidazole rings is 1. The first-order chi connectivity index (χ1) is 10.7. The van der Waals surface area contributed by atoms with Crippen LogP contribution in [0.25, 0.3) is 4.96 Å². The molecule has 0 saturated heterocycles. The van der Waals surface area contributed by atoms with E-state index in [4.69, 9.17) is 0 Å². The molecule has 120 valence electrons. The highest BCUT2D eigenvalue weighted by Gasteiger charge is 2.34. The SMILES string of the molecule is CCNC(=NCc1cn2ccsc2n1)NCC1(CC)CCC1. The highest BCUT2D eigenvalue weighted by Crippen LogP contribution is 2.42. The van der Waals surface area contributed by atoms with Gasteiger partial charge in [-0.1, -0.05) is 13.3 Å². The molecule has 0 bridgehead atoms. The lowest BCUT2D eigenvalue weighted by Gasteiger charge is -2.41. The Morgan fingerprint density at radius 1 is 1.41 bits per heavy atom. The number of thiazole rings is 1. The molecule has 1 fully saturated rings. The Morgan fingerprint density at radius 3 is 2.91 bits per heavy atom. The number of nitrogens with zero attached hydrogens (tertiary/aromatic N) is 3. The fraction of sp³-hybridized carbons (Fsp3) is 0.625. The molecule has 0 amide bonds. The van der Waals surface area contributed by atoms with E-state index < -0.39 is 0 Å². The van der Waals surface area contributed by atoms with Gasteiger partial charge >= 0.3 is 0 Å². The maximum atomic E-state index is 4.68. The number of aromatic nitrogens is 2. The van der Waals surface area contributed by atoms with Gasteiger partial charge in [-0.25, -0.2) is 9.98 Å². The first-order valence-corrected chi connectivity index (χ1v) is 9.06. The summed E-state index contributed by atoms with van der Waals surface area (Å²) in [7, 11) is 0. The minimum atomic E-state index is 0.493. The zero-order chi connectivity index (χ0) is 15.4. The molecule has 1 aliphatic rings. The smallest absolute Gasteiger partial charge is 0.193 e. The summed E-state index contributed by atoms with van der Waals surface area (Å²) in [4.78, 5) is 10.3. The molecule has 0 unspecified atom stereocenters. The van der Waals surface area contributed by atoms with Crippen LogP contribution in [-0.4, -0.2) is 28.4 Å². The third kappa shape index (κ3) is 3.27. The lowest BCUT2D eigenvalue weighted by Crippen LogP contribution is -2.46. The summed E-state index contributed by atoms with van der Waals surface area (Å²) in [6.45, 7) is 6.91. The quantitative estimate of drug-likeness (QED) is 0.635. The number of aliphatic imine (C=N–C) groups is 1. The Morgan fingerprint density at radius 2 is 2.27 bits per heavy atom. The van der Waals surface area contributed by atoms with Gasteiger partial charge in [0.25, 0.3) is 0 Å². The summed E-state index contributed by atoms with van der Waals surface area (Å²) in [6.07, 6.45) is 9.38. The van der Waals surface area contributed by atoms with Crippen molar-refractivity contribution < 1.29 is 0 Å². The Bertz CT molecular complexity index is 604. The van der Waals surface area contributed by atoms with Gasteiger partial charge in [0.15, 0.2) is 10.9 Å². The molecule has 2 aromatic rings. The van der Waals surface area contributed by atoms with Gasteiger partial charge in [-0.3, -0.25) is 4.40 Å². The van der Waals surface area contributed by atoms with Gasteiger partial charge in [0, 0.05) is 30.9 Å². The van der Waals surface area contributed by atoms with Crippen LogP contribution >= 0.6 is 11.3 Å². The summed E-state index contributed by atoms with van der Waals surface area (Å²) < 4.78 is 2.05. The molecule has 2 heterocycles. The van der Waals surface area contributed by atoms with Crippen LogP contribution in [0.4, 0.5) is 0 Å². The van der Waals surface area contributed by atoms with Crippen LogP contribution in [0.1, 0.15) is 45.2 Å². The number of guanidine groups is 1. The van der Waals surface area contributed by atoms with Crippen LogP contribution in [0.2, 0.25) is 0 Å². The Labute approximate surface area is 135 Å². The van der Waals surface area contributed by atoms with Crippen molar-refractivity contribution in [2.75, 3.05) is 13.1 Å². The molecule has 22 heavy (non-hydrogen) atoms. The molecule has 3 rings (SSSR count). The second-order valence-electron chi connectivity index (χ2n) is 6.08. The molecular weight excluding hydrogens is 294 g/mol. The molecule has 1 saturated carbocycles. The van der Waals surface area contributed by atoms with E-state index in [1.165, 1.54) is 25.7 Å². The zero-order valence-electron chi connectivity index (χ0n) is 13.4. The van der Waals surface area contributed by atoms with Gasteiger partial charge in [0.2, 0.25) is 0 Å². The number of fused-ring (bicyclic) bond motifs is 1. The molecule has 0 aliphatic heterocycles. The van der Waals surface area contributed by atoms with Gasteiger partial charge in [-0.15, -0.1) is 11.3 Å². The van der Waals surface area contributed by atoms with Crippen LogP contribution in [0, 0.1) is 5.41 Å². The molecule has 5 nitrogen and oxygen atoms in total. The zero-order valence-corrected chi connectivity index (χ0v) is 14.2. The monoisotopic (exact) mass is 319 g/mol. The van der Waals surface area contributed by atoms with E-state index in [2.05, 4.69) is 45.1 Å². The van der Waals surface area contributed by atoms with E-state index in [1.807, 2.05) is 11.6 Å². The molecule has 1 aliphatic carbocycles. The van der Waals surface area contributed by atoms with Crippen molar-refractivity contribution in [3.63, 3.8) is 0 Å². The maximum absolute atomic E-state index is 4.68. The normalized spacial score (nSPS) is 17.5. The molecule has 0 radical (unpaired) electrons. The van der Waals surface area contributed by atoms with Crippen molar-refractivity contribution in [3.05, 3.63) is 23.5 Å². The first-order valence-electron chi connectivity index (χ1n) is 8.18. The van der Waals surface area contributed by atoms with Gasteiger partial charge in [0.1, 0.15) is 0 Å². The van der Waals surface area contributed by atoms with Crippen LogP contribution in [0.15, 0.2) is 22.8 Å². The van der Waals surface area contributed by atoms with Crippen molar-refractivity contribution in [1.29, 1.82) is 0 Å². The summed E-state index contributed by atoms with van der Waals surface area (Å²) in [5, 5.41) is 8.90. The fourth-order valence-corrected chi connectivity index (χ4v) is 3.68. The van der Waals surface area contributed by atoms with E-state index in [0.29, 0.717) is 12.0 Å². The number of rotatable bonds is 6. The molecule has 0 atom stereocenters. The molecular formula is C16H25N5S. The van der Waals surface area contributed by atoms with E-state index in [-0.39, 0.29) is 0 Å². The van der Waals surface area contributed by atoms with Crippen LogP contribution in [-0.2, 0) is 6.54 Å². The topological polar surface area (TPSA) is 53.7 Å². The first kappa shape index (κ1) is 15.3. The summed E-state index contributed by atoms with van der Waals surface area (Å²) in [6, 6.07) is 0. The van der Waals surface area contributed by atoms with Crippen molar-refractivity contribution in [2.24, 2.45) is 10.4 Å². The standard InChI is InChI=1S/C16H25N5S/c1-3-16(6-5-7-16)12-19-14(17-4-2)18-10-13-11-21-8-9-22-15(21)20-13/h8-9,11H,3-7,10,12H2,1-2H3,(H2,17,18,19). The summed E-state index contributed by atoms with van der Waals surface area (Å²) >= 11 is 1.65. The predicted octanol–water partition coefficient (Wildman–Crippen LogP) is 3.03. The number of hydrogen-bond acceptors (Lipinski definition) is 3. The minimum absolute atomic E-state index is 0.493. The average molecular weight is 319 g/mol. The third-order valence-electron chi connectivity index (χ3n) is 4.68. The van der Waals surface area contributed by atoms with E-state index in [1.54, 1.807) is 11.3 Å². The lowest BCUT2D eigenvalue weighted by atomic mass is 9.67. The Hall–Kier alpha value is -1.56. The maximum Gasteiger partial charge on any atom is 0.193 e. The van der Waals surface area contributed by atoms with Gasteiger partial charge in [-0.2, -0.15) is 0 Å². The molecule has 0 spiro atoms. The van der Waals surface area contributed by atoms with Gasteiger partial charge in [0.05, 0.1) is 12.2 Å². The molecule has 0 aromatic carbocycles. The highest BCUT2D eigenvalue weighted by molar-refractivity contribution is 7.15. The van der Waals surface area contributed by atoms with Crippen molar-refractivity contribution in [3.8, 4) is 0 Å². The summed E-state index contributed by atoms with van der Waals surface area (Å²) in [5.41, 5.74) is 1.51. The number of hydrogen-bond donors (Lipinski definition) is 2. The van der Waals surface area contributed by atoms with Crippen molar-refractivity contribution in [2.45, 2.75) is 46.1 Å². The lowest BCUT2D eigenvalue weighted by molar-refractivity contribution is 0.131. The Kier molecular flexibility index (Phi) is 4.66. The van der Waals surface area contributed by atoms with Gasteiger partial charge < -0.3 is 10.6 Å². The minimum Gasteiger partial charge on any atom is -0.357 e. The summed E-state index contributed by atoms with van der Waals surface area (Å²) in [5.74, 6) is 0.901. The largest absolute Gasteiger partial charge is 0.357 e. The molecule has 6 heteroatoms. The Balaban J connectivity index is 1.60. The van der Waals surface area contributed by atoms with Crippen LogP contribution in [0.5, 0.6) is 0 Å². The van der Waals surface area contributed by atoms with E-state index in [0.717, 1.165) is 29.7 Å². The molecule has 2 N–H and O–H groups in total. The fourth-order valence-electron chi connectivity index (χ4n) is 2.96. The molecule has 2 aromatic heterocycles. The second kappa shape index (κ2) is 6.69. The van der Waals surface area contributed by atoms with Gasteiger partial charge in [-0.05, 0) is 31.6 Å². The average Bonchev–Trinajstić information content (AvgIpc) is 3.04. The van der Waals surface area contributed by atoms with Crippen LogP contribution < -0.4 is 10.6 Å². The van der Waals surface area contributed by atoms with Crippen molar-refractivity contribution >= 4 is 22.3 Å². The van der Waals surface area contributed by atoms with E-state index in [9.17, 15) is 0 Å². The van der Waals surface area contributed by atoms with E-state index >= 15 is 0 Å². The third-order valence-corrected chi connectivity index (χ3v) is 5.45.